The molecule has 0 fully saturated rings. The maximum atomic E-state index is 13.5. The zero-order valence-electron chi connectivity index (χ0n) is 14.9. The number of furan rings is 1. The van der Waals surface area contributed by atoms with Crippen LogP contribution in [0.2, 0.25) is 0 Å². The molecule has 0 saturated heterocycles. The average Bonchev–Trinajstić information content (AvgIpc) is 3.24. The molecule has 3 aromatic heterocycles. The molecule has 0 aliphatic carbocycles. The molecule has 0 aliphatic rings. The van der Waals surface area contributed by atoms with E-state index in [0.717, 1.165) is 20.8 Å². The van der Waals surface area contributed by atoms with E-state index in [-0.39, 0.29) is 11.4 Å². The van der Waals surface area contributed by atoms with Crippen molar-refractivity contribution in [1.82, 2.24) is 9.55 Å². The van der Waals surface area contributed by atoms with E-state index in [1.807, 2.05) is 26.0 Å². The molecular formula is C20H17FN2O2S2. The number of nitrogens with zero attached hydrogens (tertiary/aromatic N) is 2. The number of aryl methyl sites for hydroxylation is 2. The van der Waals surface area contributed by atoms with Gasteiger partial charge in [-0.05, 0) is 49.2 Å². The first-order valence-electron chi connectivity index (χ1n) is 8.43. The van der Waals surface area contributed by atoms with Crippen LogP contribution < -0.4 is 5.56 Å². The lowest BCUT2D eigenvalue weighted by Gasteiger charge is -2.11. The van der Waals surface area contributed by atoms with Crippen molar-refractivity contribution in [2.75, 3.05) is 0 Å². The van der Waals surface area contributed by atoms with Gasteiger partial charge >= 0.3 is 0 Å². The molecule has 0 radical (unpaired) electrons. The van der Waals surface area contributed by atoms with Crippen LogP contribution in [-0.4, -0.2) is 9.55 Å². The van der Waals surface area contributed by atoms with E-state index < -0.39 is 0 Å². The van der Waals surface area contributed by atoms with Gasteiger partial charge in [0, 0.05) is 10.6 Å². The van der Waals surface area contributed by atoms with Gasteiger partial charge in [-0.15, -0.1) is 11.3 Å². The molecular weight excluding hydrogens is 383 g/mol. The van der Waals surface area contributed by atoms with Gasteiger partial charge in [-0.25, -0.2) is 9.37 Å². The van der Waals surface area contributed by atoms with Crippen molar-refractivity contribution < 1.29 is 8.81 Å². The monoisotopic (exact) mass is 400 g/mol. The summed E-state index contributed by atoms with van der Waals surface area (Å²) in [6, 6.07) is 10.1. The minimum atomic E-state index is -0.269. The topological polar surface area (TPSA) is 48.0 Å². The fourth-order valence-electron chi connectivity index (χ4n) is 2.89. The summed E-state index contributed by atoms with van der Waals surface area (Å²) in [7, 11) is 0. The molecule has 1 aromatic carbocycles. The Balaban J connectivity index is 1.78. The minimum Gasteiger partial charge on any atom is -0.467 e. The van der Waals surface area contributed by atoms with Gasteiger partial charge < -0.3 is 4.42 Å². The second kappa shape index (κ2) is 7.32. The highest BCUT2D eigenvalue weighted by atomic mass is 32.2. The third kappa shape index (κ3) is 3.57. The lowest BCUT2D eigenvalue weighted by atomic mass is 10.2. The summed E-state index contributed by atoms with van der Waals surface area (Å²) in [5.74, 6) is 0.946. The molecule has 0 amide bonds. The maximum absolute atomic E-state index is 13.5. The van der Waals surface area contributed by atoms with Crippen molar-refractivity contribution in [2.24, 2.45) is 0 Å². The zero-order valence-corrected chi connectivity index (χ0v) is 16.5. The molecule has 4 nitrogen and oxygen atoms in total. The standard InChI is InChI=1S/C20H17FN2O2S2/c1-12-13(2)27-18-17(12)19(24)23(10-16-7-4-8-25-16)20(22-18)26-11-14-5-3-6-15(21)9-14/h3-9H,10-11H2,1-2H3. The molecule has 0 atom stereocenters. The van der Waals surface area contributed by atoms with Crippen LogP contribution in [0, 0.1) is 19.7 Å². The van der Waals surface area contributed by atoms with E-state index in [1.54, 1.807) is 23.0 Å². The Morgan fingerprint density at radius 3 is 2.85 bits per heavy atom. The van der Waals surface area contributed by atoms with Crippen molar-refractivity contribution in [3.8, 4) is 0 Å². The Morgan fingerprint density at radius 1 is 1.26 bits per heavy atom. The number of fused-ring (bicyclic) bond motifs is 1. The van der Waals surface area contributed by atoms with Gasteiger partial charge in [0.25, 0.3) is 5.56 Å². The van der Waals surface area contributed by atoms with E-state index in [0.29, 0.717) is 28.6 Å². The van der Waals surface area contributed by atoms with E-state index in [9.17, 15) is 9.18 Å². The number of halogens is 1. The van der Waals surface area contributed by atoms with Crippen LogP contribution in [0.1, 0.15) is 21.8 Å². The fourth-order valence-corrected chi connectivity index (χ4v) is 4.90. The van der Waals surface area contributed by atoms with Crippen LogP contribution in [0.25, 0.3) is 10.2 Å². The molecule has 0 spiro atoms. The Bertz CT molecular complexity index is 1160. The Kier molecular flexibility index (Phi) is 4.88. The van der Waals surface area contributed by atoms with Gasteiger partial charge in [0.15, 0.2) is 5.16 Å². The van der Waals surface area contributed by atoms with Crippen LogP contribution in [0.5, 0.6) is 0 Å². The highest BCUT2D eigenvalue weighted by Gasteiger charge is 2.17. The fraction of sp³-hybridized carbons (Fsp3) is 0.200. The number of benzene rings is 1. The lowest BCUT2D eigenvalue weighted by molar-refractivity contribution is 0.476. The summed E-state index contributed by atoms with van der Waals surface area (Å²) < 4.78 is 20.5. The van der Waals surface area contributed by atoms with Crippen molar-refractivity contribution in [2.45, 2.75) is 31.3 Å². The first kappa shape index (κ1) is 18.0. The minimum absolute atomic E-state index is 0.0695. The first-order chi connectivity index (χ1) is 13.0. The number of hydrogen-bond donors (Lipinski definition) is 0. The van der Waals surface area contributed by atoms with Crippen molar-refractivity contribution in [1.29, 1.82) is 0 Å². The van der Waals surface area contributed by atoms with E-state index >= 15 is 0 Å². The molecule has 4 rings (SSSR count). The number of thiophene rings is 1. The van der Waals surface area contributed by atoms with Gasteiger partial charge in [-0.1, -0.05) is 23.9 Å². The largest absolute Gasteiger partial charge is 0.467 e. The highest BCUT2D eigenvalue weighted by Crippen LogP contribution is 2.29. The average molecular weight is 401 g/mol. The Labute approximate surface area is 163 Å². The maximum Gasteiger partial charge on any atom is 0.263 e. The predicted molar refractivity (Wildman–Crippen MR) is 107 cm³/mol. The van der Waals surface area contributed by atoms with Crippen LogP contribution in [0.15, 0.2) is 57.0 Å². The van der Waals surface area contributed by atoms with Gasteiger partial charge in [0.2, 0.25) is 0 Å². The summed E-state index contributed by atoms with van der Waals surface area (Å²) >= 11 is 2.95. The second-order valence-electron chi connectivity index (χ2n) is 6.25. The molecule has 4 aromatic rings. The van der Waals surface area contributed by atoms with Crippen LogP contribution in [0.3, 0.4) is 0 Å². The van der Waals surface area contributed by atoms with Gasteiger partial charge in [0.05, 0.1) is 18.2 Å². The normalized spacial score (nSPS) is 11.4. The van der Waals surface area contributed by atoms with E-state index in [2.05, 4.69) is 0 Å². The highest BCUT2D eigenvalue weighted by molar-refractivity contribution is 7.98. The van der Waals surface area contributed by atoms with Gasteiger partial charge in [-0.3, -0.25) is 9.36 Å². The molecule has 3 heterocycles. The Hall–Kier alpha value is -2.38. The zero-order chi connectivity index (χ0) is 19.0. The molecule has 0 bridgehead atoms. The van der Waals surface area contributed by atoms with E-state index in [1.165, 1.54) is 35.2 Å². The predicted octanol–water partition coefficient (Wildman–Crippen LogP) is 5.15. The first-order valence-corrected chi connectivity index (χ1v) is 10.2. The van der Waals surface area contributed by atoms with Crippen LogP contribution in [0.4, 0.5) is 4.39 Å². The van der Waals surface area contributed by atoms with Gasteiger partial charge in [-0.2, -0.15) is 0 Å². The summed E-state index contributed by atoms with van der Waals surface area (Å²) in [4.78, 5) is 19.8. The quantitative estimate of drug-likeness (QED) is 0.343. The Morgan fingerprint density at radius 2 is 2.11 bits per heavy atom. The van der Waals surface area contributed by atoms with Crippen molar-refractivity contribution >= 4 is 33.3 Å². The molecule has 27 heavy (non-hydrogen) atoms. The molecule has 138 valence electrons. The van der Waals surface area contributed by atoms with Crippen molar-refractivity contribution in [3.05, 3.63) is 80.6 Å². The summed E-state index contributed by atoms with van der Waals surface area (Å²) in [5.41, 5.74) is 1.75. The van der Waals surface area contributed by atoms with Gasteiger partial charge in [0.1, 0.15) is 16.4 Å². The van der Waals surface area contributed by atoms with Crippen molar-refractivity contribution in [3.63, 3.8) is 0 Å². The lowest BCUT2D eigenvalue weighted by Crippen LogP contribution is -2.23. The third-order valence-corrected chi connectivity index (χ3v) is 6.55. The summed E-state index contributed by atoms with van der Waals surface area (Å²) in [5, 5.41) is 1.27. The molecule has 0 N–H and O–H groups in total. The molecule has 7 heteroatoms. The second-order valence-corrected chi connectivity index (χ2v) is 8.39. The number of rotatable bonds is 5. The van der Waals surface area contributed by atoms with Crippen LogP contribution in [-0.2, 0) is 12.3 Å². The third-order valence-electron chi connectivity index (χ3n) is 4.40. The number of hydrogen-bond acceptors (Lipinski definition) is 5. The molecule has 0 unspecified atom stereocenters. The number of aromatic nitrogens is 2. The summed E-state index contributed by atoms with van der Waals surface area (Å²) in [6.07, 6.45) is 1.59. The van der Waals surface area contributed by atoms with Crippen LogP contribution >= 0.6 is 23.1 Å². The summed E-state index contributed by atoms with van der Waals surface area (Å²) in [6.45, 7) is 4.26. The number of thioether (sulfide) groups is 1. The molecule has 0 saturated carbocycles. The molecule has 0 aliphatic heterocycles. The SMILES string of the molecule is Cc1sc2nc(SCc3cccc(F)c3)n(Cc3ccco3)c(=O)c2c1C. The smallest absolute Gasteiger partial charge is 0.263 e. The van der Waals surface area contributed by atoms with E-state index in [4.69, 9.17) is 9.40 Å².